The Kier molecular flexibility index (Phi) is 11.1. The molecule has 0 spiro atoms. The largest absolute Gasteiger partial charge is 0.425 e. The average molecular weight is 488 g/mol. The summed E-state index contributed by atoms with van der Waals surface area (Å²) in [7, 11) is -0.226. The Morgan fingerprint density at radius 2 is 2.18 bits per heavy atom. The Balaban J connectivity index is 0.00000194. The van der Waals surface area contributed by atoms with Gasteiger partial charge in [0.1, 0.15) is 11.8 Å². The summed E-state index contributed by atoms with van der Waals surface area (Å²) in [5.74, 6) is 5.35. The molecule has 0 aromatic carbocycles. The first-order valence-corrected chi connectivity index (χ1v) is 11.9. The third kappa shape index (κ3) is 8.05. The zero-order valence-corrected chi connectivity index (χ0v) is 21.3. The highest BCUT2D eigenvalue weighted by atomic mass is 31.2. The monoisotopic (exact) mass is 487 g/mol. The van der Waals surface area contributed by atoms with E-state index in [9.17, 15) is 9.59 Å². The van der Waals surface area contributed by atoms with Crippen molar-refractivity contribution in [2.45, 2.75) is 85.4 Å². The summed E-state index contributed by atoms with van der Waals surface area (Å²) in [4.78, 5) is 30.8. The minimum Gasteiger partial charge on any atom is -0.425 e. The molecule has 1 saturated heterocycles. The average Bonchev–Trinajstić information content (AvgIpc) is 3.18. The van der Waals surface area contributed by atoms with E-state index in [0.717, 1.165) is 0 Å². The molecule has 1 fully saturated rings. The van der Waals surface area contributed by atoms with Crippen LogP contribution in [0.25, 0.3) is 0 Å². The molecule has 3 unspecified atom stereocenters. The number of H-pyrrole nitrogens is 1. The van der Waals surface area contributed by atoms with Crippen LogP contribution in [0.3, 0.4) is 0 Å². The lowest BCUT2D eigenvalue weighted by Crippen LogP contribution is -2.35. The topological polar surface area (TPSA) is 118 Å². The SMILES string of the molecule is [2H]CC1OC(n2cc(C#CC)c(=O)[nH]c2=O)C[C@H]1OP(OC=NCC)N(C(C)C)C(C)C.[3H]OC. The molecule has 0 amide bonds. The van der Waals surface area contributed by atoms with Crippen molar-refractivity contribution in [3.05, 3.63) is 32.6 Å². The number of nitrogens with one attached hydrogen (secondary N) is 1. The van der Waals surface area contributed by atoms with Crippen molar-refractivity contribution >= 4 is 14.9 Å². The van der Waals surface area contributed by atoms with Gasteiger partial charge in [-0.05, 0) is 48.4 Å². The van der Waals surface area contributed by atoms with Gasteiger partial charge >= 0.3 is 14.2 Å². The molecule has 186 valence electrons. The highest BCUT2D eigenvalue weighted by molar-refractivity contribution is 7.45. The van der Waals surface area contributed by atoms with Crippen LogP contribution in [0.4, 0.5) is 0 Å². The van der Waals surface area contributed by atoms with E-state index >= 15 is 0 Å². The van der Waals surface area contributed by atoms with Gasteiger partial charge in [0.15, 0.2) is 6.40 Å². The maximum atomic E-state index is 12.4. The molecule has 1 aliphatic heterocycles. The lowest BCUT2D eigenvalue weighted by atomic mass is 10.2. The molecule has 0 saturated carbocycles. The van der Waals surface area contributed by atoms with E-state index in [2.05, 4.69) is 59.3 Å². The Hall–Kier alpha value is -2.02. The number of aliphatic hydroxyl groups excluding tert-OH is 1. The Bertz CT molecular complexity index is 967. The summed E-state index contributed by atoms with van der Waals surface area (Å²) in [5.41, 5.74) is -0.958. The predicted octanol–water partition coefficient (Wildman–Crippen LogP) is 2.62. The van der Waals surface area contributed by atoms with Gasteiger partial charge in [-0.1, -0.05) is 5.92 Å². The van der Waals surface area contributed by atoms with Gasteiger partial charge in [0.2, 0.25) is 1.43 Å². The smallest absolute Gasteiger partial charge is 0.330 e. The second-order valence-electron chi connectivity index (χ2n) is 7.61. The second kappa shape index (κ2) is 14.3. The molecule has 1 aliphatic rings. The fraction of sp³-hybridized carbons (Fsp3) is 0.682. The van der Waals surface area contributed by atoms with Crippen LogP contribution in [0.5, 0.6) is 0 Å². The highest BCUT2D eigenvalue weighted by Gasteiger charge is 2.39. The minimum atomic E-state index is -1.52. The standard InChI is InChI=1S/C21H33N4O5P.CH4O/c1-8-10-17-12-24(21(27)23-20(17)26)19-11-18(16(7)29-19)30-31(28-13-22-9-2)25(14(3)4)15(5)6;1-2/h12-16,18-19H,9,11H2,1-7H3,(H,23,26,27);2H,1H3/t16?,18-,19?,31?;/m1./s1/i7D;2T. The summed E-state index contributed by atoms with van der Waals surface area (Å²) < 4.78 is 35.3. The molecule has 2 N–H and O–H groups in total. The molecule has 33 heavy (non-hydrogen) atoms. The van der Waals surface area contributed by atoms with Crippen molar-refractivity contribution in [3.8, 4) is 11.8 Å². The molecular weight excluding hydrogens is 447 g/mol. The summed E-state index contributed by atoms with van der Waals surface area (Å²) in [6, 6.07) is 0.307. The van der Waals surface area contributed by atoms with E-state index in [1.165, 1.54) is 24.3 Å². The fourth-order valence-electron chi connectivity index (χ4n) is 3.28. The first kappa shape index (κ1) is 25.6. The molecule has 2 rings (SSSR count). The number of rotatable bonds is 9. The Labute approximate surface area is 199 Å². The van der Waals surface area contributed by atoms with Crippen molar-refractivity contribution in [1.82, 2.24) is 14.2 Å². The van der Waals surface area contributed by atoms with Crippen LogP contribution in [0.1, 0.15) is 68.0 Å². The van der Waals surface area contributed by atoms with Crippen LogP contribution >= 0.6 is 8.53 Å². The zero-order chi connectivity index (χ0) is 26.5. The number of nitrogens with zero attached hydrogens (tertiary/aromatic N) is 3. The number of hydrogen-bond acceptors (Lipinski definition) is 8. The molecular formula is C22H37N4O6P. The number of aliphatic imine (C=N–C) groups is 1. The van der Waals surface area contributed by atoms with E-state index in [1.807, 2.05) is 6.92 Å². The molecule has 4 atom stereocenters. The van der Waals surface area contributed by atoms with Crippen molar-refractivity contribution in [1.29, 1.82) is 1.43 Å². The minimum absolute atomic E-state index is 0.0452. The lowest BCUT2D eigenvalue weighted by Gasteiger charge is -2.36. The van der Waals surface area contributed by atoms with Gasteiger partial charge in [0.05, 0.1) is 12.2 Å². The molecule has 10 nitrogen and oxygen atoms in total. The van der Waals surface area contributed by atoms with Gasteiger partial charge < -0.3 is 18.9 Å². The number of hydrogen-bond donors (Lipinski definition) is 2. The molecule has 0 radical (unpaired) electrons. The van der Waals surface area contributed by atoms with Gasteiger partial charge in [-0.15, -0.1) is 5.92 Å². The van der Waals surface area contributed by atoms with Crippen molar-refractivity contribution in [2.24, 2.45) is 4.99 Å². The van der Waals surface area contributed by atoms with Crippen molar-refractivity contribution in [2.75, 3.05) is 13.7 Å². The zero-order valence-electron chi connectivity index (χ0n) is 22.4. The lowest BCUT2D eigenvalue weighted by molar-refractivity contribution is -0.00778. The van der Waals surface area contributed by atoms with Crippen LogP contribution in [-0.2, 0) is 13.8 Å². The van der Waals surface area contributed by atoms with Gasteiger partial charge in [0, 0.05) is 39.7 Å². The van der Waals surface area contributed by atoms with Crippen molar-refractivity contribution < 1.29 is 20.3 Å². The molecule has 1 aromatic heterocycles. The van der Waals surface area contributed by atoms with E-state index < -0.39 is 38.2 Å². The molecule has 0 bridgehead atoms. The predicted molar refractivity (Wildman–Crippen MR) is 130 cm³/mol. The fourth-order valence-corrected chi connectivity index (χ4v) is 4.90. The number of ether oxygens (including phenoxy) is 1. The van der Waals surface area contributed by atoms with E-state index in [1.54, 1.807) is 6.92 Å². The quantitative estimate of drug-likeness (QED) is 0.238. The molecule has 11 heteroatoms. The molecule has 2 heterocycles. The normalized spacial score (nSPS) is 21.9. The summed E-state index contributed by atoms with van der Waals surface area (Å²) >= 11 is 0. The Morgan fingerprint density at radius 3 is 2.73 bits per heavy atom. The number of aromatic amines is 1. The first-order chi connectivity index (χ1) is 16.6. The van der Waals surface area contributed by atoms with Crippen LogP contribution < -0.4 is 11.2 Å². The van der Waals surface area contributed by atoms with E-state index in [0.29, 0.717) is 13.0 Å². The maximum absolute atomic E-state index is 12.4. The molecule has 0 aliphatic carbocycles. The first-order valence-electron chi connectivity index (χ1n) is 11.9. The van der Waals surface area contributed by atoms with Gasteiger partial charge in [-0.3, -0.25) is 19.3 Å². The van der Waals surface area contributed by atoms with Crippen molar-refractivity contribution in [3.63, 3.8) is 0 Å². The third-order valence-electron chi connectivity index (χ3n) is 4.58. The van der Waals surface area contributed by atoms with Gasteiger partial charge in [0.25, 0.3) is 5.56 Å². The maximum Gasteiger partial charge on any atom is 0.330 e. The second-order valence-corrected chi connectivity index (χ2v) is 8.97. The summed E-state index contributed by atoms with van der Waals surface area (Å²) in [6.07, 6.45) is 1.41. The van der Waals surface area contributed by atoms with Crippen LogP contribution in [0.2, 0.25) is 0 Å². The molecule has 1 aromatic rings. The van der Waals surface area contributed by atoms with Crippen LogP contribution in [-0.4, -0.2) is 65.1 Å². The van der Waals surface area contributed by atoms with E-state index in [-0.39, 0.29) is 24.5 Å². The summed E-state index contributed by atoms with van der Waals surface area (Å²) in [5, 5.41) is 3.50. The van der Waals surface area contributed by atoms with Gasteiger partial charge in [-0.25, -0.2) is 9.46 Å². The van der Waals surface area contributed by atoms with Crippen LogP contribution in [0, 0.1) is 11.8 Å². The third-order valence-corrected chi connectivity index (χ3v) is 6.61. The Morgan fingerprint density at radius 1 is 1.52 bits per heavy atom. The van der Waals surface area contributed by atoms with Gasteiger partial charge in [-0.2, -0.15) is 0 Å². The van der Waals surface area contributed by atoms with Crippen LogP contribution in [0.15, 0.2) is 20.8 Å². The number of aromatic nitrogens is 2. The number of aliphatic hydroxyl groups is 1. The summed E-state index contributed by atoms with van der Waals surface area (Å²) in [6.45, 7) is 12.3. The van der Waals surface area contributed by atoms with E-state index in [4.69, 9.17) is 16.6 Å². The highest BCUT2D eigenvalue weighted by Crippen LogP contribution is 2.49.